The van der Waals surface area contributed by atoms with Crippen molar-refractivity contribution in [3.8, 4) is 0 Å². The number of rotatable bonds is 4. The summed E-state index contributed by atoms with van der Waals surface area (Å²) in [5.41, 5.74) is 3.79. The third-order valence-electron chi connectivity index (χ3n) is 3.41. The number of anilines is 1. The summed E-state index contributed by atoms with van der Waals surface area (Å²) >= 11 is 0. The molecular weight excluding hydrogens is 271 g/mol. The first-order chi connectivity index (χ1) is 10.0. The first-order valence-electron chi connectivity index (χ1n) is 6.49. The van der Waals surface area contributed by atoms with Crippen LogP contribution in [0.5, 0.6) is 0 Å². The van der Waals surface area contributed by atoms with Gasteiger partial charge in [-0.25, -0.2) is 9.37 Å². The summed E-state index contributed by atoms with van der Waals surface area (Å²) in [5, 5.41) is 0. The van der Waals surface area contributed by atoms with E-state index in [0.717, 1.165) is 0 Å². The van der Waals surface area contributed by atoms with Crippen molar-refractivity contribution >= 4 is 11.6 Å². The van der Waals surface area contributed by atoms with E-state index < -0.39 is 6.04 Å². The van der Waals surface area contributed by atoms with E-state index >= 15 is 0 Å². The van der Waals surface area contributed by atoms with Crippen molar-refractivity contribution < 1.29 is 9.18 Å². The number of carbonyl (C=O) groups is 1. The zero-order chi connectivity index (χ0) is 15.4. The number of nitrogens with zero attached hydrogens (tertiary/aromatic N) is 2. The van der Waals surface area contributed by atoms with Gasteiger partial charge in [0.15, 0.2) is 0 Å². The Morgan fingerprint density at radius 2 is 2.05 bits per heavy atom. The van der Waals surface area contributed by atoms with Crippen LogP contribution < -0.4 is 11.3 Å². The molecule has 3 N–H and O–H groups in total. The predicted octanol–water partition coefficient (Wildman–Crippen LogP) is 2.34. The lowest BCUT2D eigenvalue weighted by atomic mass is 10.1. The zero-order valence-corrected chi connectivity index (χ0v) is 11.9. The Kier molecular flexibility index (Phi) is 4.49. The molecule has 1 atom stereocenters. The van der Waals surface area contributed by atoms with Crippen LogP contribution in [0.25, 0.3) is 0 Å². The molecular formula is C15H17FN4O. The van der Waals surface area contributed by atoms with Gasteiger partial charge in [0.2, 0.25) is 0 Å². The number of nitrogens with one attached hydrogen (secondary N) is 1. The molecule has 0 fully saturated rings. The molecule has 1 heterocycles. The van der Waals surface area contributed by atoms with Crippen molar-refractivity contribution in [3.05, 3.63) is 59.7 Å². The summed E-state index contributed by atoms with van der Waals surface area (Å²) in [5.74, 6) is 4.63. The molecule has 0 saturated carbocycles. The second-order valence-electron chi connectivity index (χ2n) is 4.69. The Labute approximate surface area is 122 Å². The van der Waals surface area contributed by atoms with E-state index in [2.05, 4.69) is 10.4 Å². The Morgan fingerprint density at radius 3 is 2.62 bits per heavy atom. The molecule has 2 aromatic rings. The first kappa shape index (κ1) is 14.9. The molecule has 2 rings (SSSR count). The second-order valence-corrected chi connectivity index (χ2v) is 4.69. The largest absolute Gasteiger partial charge is 0.334 e. The van der Waals surface area contributed by atoms with Crippen LogP contribution in [-0.2, 0) is 0 Å². The summed E-state index contributed by atoms with van der Waals surface area (Å²) in [7, 11) is 1.62. The quantitative estimate of drug-likeness (QED) is 0.669. The molecule has 21 heavy (non-hydrogen) atoms. The van der Waals surface area contributed by atoms with Gasteiger partial charge in [-0.15, -0.1) is 0 Å². The summed E-state index contributed by atoms with van der Waals surface area (Å²) in [6.45, 7) is 1.77. The van der Waals surface area contributed by atoms with Gasteiger partial charge < -0.3 is 10.3 Å². The van der Waals surface area contributed by atoms with E-state index in [1.807, 2.05) is 0 Å². The predicted molar refractivity (Wildman–Crippen MR) is 79.0 cm³/mol. The van der Waals surface area contributed by atoms with Crippen molar-refractivity contribution in [2.75, 3.05) is 12.5 Å². The Balaban J connectivity index is 2.20. The standard InChI is InChI=1S/C15H17FN4O/c1-10(12-5-3-4-6-13(12)16)20(2)15(21)14-8-7-11(19-17)9-18-14/h3-10,19H,17H2,1-2H3. The minimum Gasteiger partial charge on any atom is -0.334 e. The van der Waals surface area contributed by atoms with Crippen molar-refractivity contribution in [1.29, 1.82) is 0 Å². The van der Waals surface area contributed by atoms with Crippen LogP contribution in [0.3, 0.4) is 0 Å². The fourth-order valence-corrected chi connectivity index (χ4v) is 1.98. The van der Waals surface area contributed by atoms with Crippen molar-refractivity contribution in [1.82, 2.24) is 9.88 Å². The van der Waals surface area contributed by atoms with Crippen LogP contribution in [0.2, 0.25) is 0 Å². The number of hydrogen-bond donors (Lipinski definition) is 2. The van der Waals surface area contributed by atoms with Gasteiger partial charge >= 0.3 is 0 Å². The number of halogens is 1. The minimum atomic E-state index is -0.396. The number of amides is 1. The highest BCUT2D eigenvalue weighted by atomic mass is 19.1. The SMILES string of the molecule is CC(c1ccccc1F)N(C)C(=O)c1ccc(NN)cn1. The maximum absolute atomic E-state index is 13.8. The Morgan fingerprint density at radius 1 is 1.33 bits per heavy atom. The topological polar surface area (TPSA) is 71.2 Å². The smallest absolute Gasteiger partial charge is 0.272 e. The van der Waals surface area contributed by atoms with Gasteiger partial charge in [0, 0.05) is 12.6 Å². The highest BCUT2D eigenvalue weighted by Crippen LogP contribution is 2.22. The summed E-state index contributed by atoms with van der Waals surface area (Å²) in [4.78, 5) is 17.9. The van der Waals surface area contributed by atoms with E-state index in [-0.39, 0.29) is 17.4 Å². The molecule has 0 saturated heterocycles. The lowest BCUT2D eigenvalue weighted by Crippen LogP contribution is -2.30. The highest BCUT2D eigenvalue weighted by Gasteiger charge is 2.21. The molecule has 110 valence electrons. The fraction of sp³-hybridized carbons (Fsp3) is 0.200. The van der Waals surface area contributed by atoms with Gasteiger partial charge in [-0.3, -0.25) is 10.6 Å². The molecule has 0 aliphatic carbocycles. The van der Waals surface area contributed by atoms with Crippen LogP contribution in [0.4, 0.5) is 10.1 Å². The van der Waals surface area contributed by atoms with Crippen LogP contribution in [0, 0.1) is 5.82 Å². The lowest BCUT2D eigenvalue weighted by Gasteiger charge is -2.25. The molecule has 1 aromatic carbocycles. The summed E-state index contributed by atoms with van der Waals surface area (Å²) < 4.78 is 13.8. The second kappa shape index (κ2) is 6.32. The van der Waals surface area contributed by atoms with Crippen molar-refractivity contribution in [2.45, 2.75) is 13.0 Å². The first-order valence-corrected chi connectivity index (χ1v) is 6.49. The van der Waals surface area contributed by atoms with Gasteiger partial charge in [0.05, 0.1) is 17.9 Å². The van der Waals surface area contributed by atoms with Gasteiger partial charge in [0.1, 0.15) is 11.5 Å². The summed E-state index contributed by atoms with van der Waals surface area (Å²) in [6, 6.07) is 9.24. The maximum atomic E-state index is 13.8. The van der Waals surface area contributed by atoms with Crippen LogP contribution in [0.1, 0.15) is 29.0 Å². The number of nitrogens with two attached hydrogens (primary N) is 1. The number of benzene rings is 1. The third kappa shape index (κ3) is 3.17. The van der Waals surface area contributed by atoms with Gasteiger partial charge in [-0.2, -0.15) is 0 Å². The number of carbonyl (C=O) groups excluding carboxylic acids is 1. The monoisotopic (exact) mass is 288 g/mol. The molecule has 1 aromatic heterocycles. The van der Waals surface area contributed by atoms with Gasteiger partial charge in [-0.05, 0) is 25.1 Å². The van der Waals surface area contributed by atoms with E-state index in [9.17, 15) is 9.18 Å². The number of aromatic nitrogens is 1. The number of hydrogen-bond acceptors (Lipinski definition) is 4. The molecule has 0 spiro atoms. The lowest BCUT2D eigenvalue weighted by molar-refractivity contribution is 0.0734. The normalized spacial score (nSPS) is 11.8. The Hall–Kier alpha value is -2.47. The molecule has 1 unspecified atom stereocenters. The van der Waals surface area contributed by atoms with Crippen LogP contribution in [-0.4, -0.2) is 22.8 Å². The average molecular weight is 288 g/mol. The van der Waals surface area contributed by atoms with Crippen LogP contribution >= 0.6 is 0 Å². The van der Waals surface area contributed by atoms with Crippen LogP contribution in [0.15, 0.2) is 42.6 Å². The maximum Gasteiger partial charge on any atom is 0.272 e. The number of nitrogen functional groups attached to an aromatic ring is 1. The number of hydrazine groups is 1. The van der Waals surface area contributed by atoms with Crippen molar-refractivity contribution in [2.24, 2.45) is 5.84 Å². The third-order valence-corrected chi connectivity index (χ3v) is 3.41. The summed E-state index contributed by atoms with van der Waals surface area (Å²) in [6.07, 6.45) is 1.47. The highest BCUT2D eigenvalue weighted by molar-refractivity contribution is 5.92. The fourth-order valence-electron chi connectivity index (χ4n) is 1.98. The van der Waals surface area contributed by atoms with E-state index in [1.165, 1.54) is 17.2 Å². The zero-order valence-electron chi connectivity index (χ0n) is 11.9. The van der Waals surface area contributed by atoms with E-state index in [1.54, 1.807) is 44.3 Å². The van der Waals surface area contributed by atoms with Crippen molar-refractivity contribution in [3.63, 3.8) is 0 Å². The average Bonchev–Trinajstić information content (AvgIpc) is 2.53. The van der Waals surface area contributed by atoms with Gasteiger partial charge in [0.25, 0.3) is 5.91 Å². The van der Waals surface area contributed by atoms with E-state index in [4.69, 9.17) is 5.84 Å². The molecule has 0 radical (unpaired) electrons. The molecule has 0 bridgehead atoms. The molecule has 5 nitrogen and oxygen atoms in total. The number of pyridine rings is 1. The Bertz CT molecular complexity index is 630. The van der Waals surface area contributed by atoms with Gasteiger partial charge in [-0.1, -0.05) is 18.2 Å². The van der Waals surface area contributed by atoms with E-state index in [0.29, 0.717) is 11.3 Å². The molecule has 0 aliphatic heterocycles. The molecule has 6 heteroatoms. The molecule has 1 amide bonds. The minimum absolute atomic E-state index is 0.277. The molecule has 0 aliphatic rings.